The summed E-state index contributed by atoms with van der Waals surface area (Å²) in [5.41, 5.74) is 0.981. The maximum Gasteiger partial charge on any atom is 0.290 e. The van der Waals surface area contributed by atoms with Gasteiger partial charge in [-0.2, -0.15) is 0 Å². The highest BCUT2D eigenvalue weighted by Crippen LogP contribution is 2.38. The van der Waals surface area contributed by atoms with Crippen molar-refractivity contribution in [3.63, 3.8) is 0 Å². The summed E-state index contributed by atoms with van der Waals surface area (Å²) in [6.07, 6.45) is 6.81. The molecule has 1 aromatic heterocycles. The van der Waals surface area contributed by atoms with E-state index in [4.69, 9.17) is 4.74 Å². The van der Waals surface area contributed by atoms with E-state index in [0.29, 0.717) is 13.0 Å². The lowest BCUT2D eigenvalue weighted by Crippen LogP contribution is -2.31. The van der Waals surface area contributed by atoms with Crippen molar-refractivity contribution in [3.05, 3.63) is 48.5 Å². The van der Waals surface area contributed by atoms with Crippen molar-refractivity contribution in [3.8, 4) is 5.75 Å². The Labute approximate surface area is 147 Å². The van der Waals surface area contributed by atoms with Crippen molar-refractivity contribution in [2.45, 2.75) is 32.4 Å². The zero-order valence-electron chi connectivity index (χ0n) is 14.6. The lowest BCUT2D eigenvalue weighted by Gasteiger charge is -2.27. The van der Waals surface area contributed by atoms with E-state index in [0.717, 1.165) is 24.3 Å². The highest BCUT2D eigenvalue weighted by Gasteiger charge is 2.46. The lowest BCUT2D eigenvalue weighted by molar-refractivity contribution is -0.141. The van der Waals surface area contributed by atoms with E-state index in [9.17, 15) is 9.59 Å². The molecule has 2 unspecified atom stereocenters. The summed E-state index contributed by atoms with van der Waals surface area (Å²) in [5, 5.41) is 0. The third kappa shape index (κ3) is 3.43. The molecular formula is C19H23N3O3. The quantitative estimate of drug-likeness (QED) is 0.726. The molecule has 3 rings (SSSR count). The average molecular weight is 341 g/mol. The second-order valence-electron chi connectivity index (χ2n) is 6.25. The van der Waals surface area contributed by atoms with Crippen LogP contribution in [0.2, 0.25) is 0 Å². The summed E-state index contributed by atoms with van der Waals surface area (Å²) in [6, 6.07) is 7.44. The molecular weight excluding hydrogens is 318 g/mol. The third-order valence-electron chi connectivity index (χ3n) is 4.80. The Morgan fingerprint density at radius 3 is 2.52 bits per heavy atom. The van der Waals surface area contributed by atoms with Crippen LogP contribution in [0, 0.1) is 5.92 Å². The summed E-state index contributed by atoms with van der Waals surface area (Å²) >= 11 is 0. The monoisotopic (exact) mass is 341 g/mol. The summed E-state index contributed by atoms with van der Waals surface area (Å²) < 4.78 is 7.18. The standard InChI is InChI=1S/C19H23N3O3/c1-3-16-17(14-5-7-15(25-2)8-6-14)22(19(24)18(16)23)11-4-10-21-12-9-20-13-21/h5-9,12-13,16-17H,3-4,10-11H2,1-2H3. The van der Waals surface area contributed by atoms with E-state index in [2.05, 4.69) is 4.98 Å². The second-order valence-corrected chi connectivity index (χ2v) is 6.25. The molecule has 1 aliphatic heterocycles. The Bertz CT molecular complexity index is 725. The molecule has 2 aromatic rings. The summed E-state index contributed by atoms with van der Waals surface area (Å²) in [7, 11) is 1.62. The summed E-state index contributed by atoms with van der Waals surface area (Å²) in [4.78, 5) is 30.7. The van der Waals surface area contributed by atoms with Crippen LogP contribution < -0.4 is 4.74 Å². The minimum atomic E-state index is -0.363. The smallest absolute Gasteiger partial charge is 0.290 e. The number of aromatic nitrogens is 2. The summed E-state index contributed by atoms with van der Waals surface area (Å²) in [5.74, 6) is -0.155. The van der Waals surface area contributed by atoms with Crippen molar-refractivity contribution in [2.75, 3.05) is 13.7 Å². The Morgan fingerprint density at radius 2 is 1.92 bits per heavy atom. The van der Waals surface area contributed by atoms with Crippen molar-refractivity contribution in [1.29, 1.82) is 0 Å². The Hall–Kier alpha value is -2.63. The molecule has 6 nitrogen and oxygen atoms in total. The molecule has 2 atom stereocenters. The van der Waals surface area contributed by atoms with Crippen LogP contribution in [-0.2, 0) is 16.1 Å². The Kier molecular flexibility index (Phi) is 5.16. The highest BCUT2D eigenvalue weighted by molar-refractivity contribution is 6.39. The first kappa shape index (κ1) is 17.2. The number of methoxy groups -OCH3 is 1. The maximum atomic E-state index is 12.5. The van der Waals surface area contributed by atoms with Gasteiger partial charge in [-0.15, -0.1) is 0 Å². The summed E-state index contributed by atoms with van der Waals surface area (Å²) in [6.45, 7) is 3.28. The number of benzene rings is 1. The van der Waals surface area contributed by atoms with E-state index in [-0.39, 0.29) is 23.7 Å². The molecule has 0 spiro atoms. The normalized spacial score (nSPS) is 20.3. The van der Waals surface area contributed by atoms with Crippen molar-refractivity contribution in [2.24, 2.45) is 5.92 Å². The van der Waals surface area contributed by atoms with Gasteiger partial charge in [-0.3, -0.25) is 9.59 Å². The van der Waals surface area contributed by atoms with Crippen LogP contribution in [0.5, 0.6) is 5.75 Å². The van der Waals surface area contributed by atoms with Crippen LogP contribution >= 0.6 is 0 Å². The number of imidazole rings is 1. The number of carbonyl (C=O) groups is 2. The number of nitrogens with zero attached hydrogens (tertiary/aromatic N) is 3. The van der Waals surface area contributed by atoms with Crippen LogP contribution in [0.1, 0.15) is 31.4 Å². The predicted molar refractivity (Wildman–Crippen MR) is 93.1 cm³/mol. The molecule has 0 N–H and O–H groups in total. The van der Waals surface area contributed by atoms with Gasteiger partial charge in [0.05, 0.1) is 25.4 Å². The largest absolute Gasteiger partial charge is 0.497 e. The second kappa shape index (κ2) is 7.51. The number of aryl methyl sites for hydroxylation is 1. The van der Waals surface area contributed by atoms with Gasteiger partial charge in [-0.25, -0.2) is 4.98 Å². The molecule has 1 aromatic carbocycles. The fraction of sp³-hybridized carbons (Fsp3) is 0.421. The van der Waals surface area contributed by atoms with Crippen LogP contribution in [0.25, 0.3) is 0 Å². The molecule has 1 amide bonds. The number of hydrogen-bond donors (Lipinski definition) is 0. The first-order chi connectivity index (χ1) is 12.2. The SMILES string of the molecule is CCC1C(=O)C(=O)N(CCCn2ccnc2)C1c1ccc(OC)cc1. The zero-order chi connectivity index (χ0) is 17.8. The molecule has 1 fully saturated rings. The van der Waals surface area contributed by atoms with Gasteiger partial charge in [-0.05, 0) is 30.5 Å². The van der Waals surface area contributed by atoms with E-state index < -0.39 is 0 Å². The van der Waals surface area contributed by atoms with Gasteiger partial charge >= 0.3 is 0 Å². The number of ether oxygens (including phenoxy) is 1. The van der Waals surface area contributed by atoms with Crippen LogP contribution in [0.4, 0.5) is 0 Å². The molecule has 0 bridgehead atoms. The molecule has 132 valence electrons. The average Bonchev–Trinajstić information content (AvgIpc) is 3.24. The fourth-order valence-corrected chi connectivity index (χ4v) is 3.49. The van der Waals surface area contributed by atoms with Crippen LogP contribution in [0.15, 0.2) is 43.0 Å². The van der Waals surface area contributed by atoms with Crippen molar-refractivity contribution >= 4 is 11.7 Å². The van der Waals surface area contributed by atoms with Gasteiger partial charge in [0.1, 0.15) is 5.75 Å². The number of amides is 1. The van der Waals surface area contributed by atoms with Gasteiger partial charge in [0.2, 0.25) is 5.78 Å². The first-order valence-corrected chi connectivity index (χ1v) is 8.60. The minimum absolute atomic E-state index is 0.196. The number of rotatable bonds is 7. The number of carbonyl (C=O) groups excluding carboxylic acids is 2. The molecule has 2 heterocycles. The molecule has 0 aliphatic carbocycles. The van der Waals surface area contributed by atoms with E-state index >= 15 is 0 Å². The van der Waals surface area contributed by atoms with E-state index in [1.54, 1.807) is 24.5 Å². The van der Waals surface area contributed by atoms with Crippen LogP contribution in [-0.4, -0.2) is 39.8 Å². The highest BCUT2D eigenvalue weighted by atomic mass is 16.5. The third-order valence-corrected chi connectivity index (χ3v) is 4.80. The number of hydrogen-bond acceptors (Lipinski definition) is 4. The van der Waals surface area contributed by atoms with Crippen molar-refractivity contribution in [1.82, 2.24) is 14.5 Å². The zero-order valence-corrected chi connectivity index (χ0v) is 14.6. The molecule has 25 heavy (non-hydrogen) atoms. The van der Waals surface area contributed by atoms with Gasteiger partial charge in [0.15, 0.2) is 0 Å². The van der Waals surface area contributed by atoms with Gasteiger partial charge in [0, 0.05) is 25.5 Å². The van der Waals surface area contributed by atoms with E-state index in [1.165, 1.54) is 0 Å². The Balaban J connectivity index is 1.79. The lowest BCUT2D eigenvalue weighted by atomic mass is 9.91. The first-order valence-electron chi connectivity index (χ1n) is 8.60. The van der Waals surface area contributed by atoms with E-state index in [1.807, 2.05) is 42.0 Å². The molecule has 6 heteroatoms. The topological polar surface area (TPSA) is 64.4 Å². The molecule has 0 radical (unpaired) electrons. The predicted octanol–water partition coefficient (Wildman–Crippen LogP) is 2.46. The number of Topliss-reactive ketones (excluding diaryl/α,β-unsaturated/α-hetero) is 1. The molecule has 0 saturated carbocycles. The Morgan fingerprint density at radius 1 is 1.16 bits per heavy atom. The maximum absolute atomic E-state index is 12.5. The van der Waals surface area contributed by atoms with Crippen molar-refractivity contribution < 1.29 is 14.3 Å². The molecule has 1 saturated heterocycles. The number of ketones is 1. The number of likely N-dealkylation sites (tertiary alicyclic amines) is 1. The molecule has 1 aliphatic rings. The van der Waals surface area contributed by atoms with Crippen LogP contribution in [0.3, 0.4) is 0 Å². The van der Waals surface area contributed by atoms with Gasteiger partial charge < -0.3 is 14.2 Å². The van der Waals surface area contributed by atoms with Gasteiger partial charge in [0.25, 0.3) is 5.91 Å². The van der Waals surface area contributed by atoms with Gasteiger partial charge in [-0.1, -0.05) is 19.1 Å². The minimum Gasteiger partial charge on any atom is -0.497 e. The fourth-order valence-electron chi connectivity index (χ4n) is 3.49.